The van der Waals surface area contributed by atoms with Gasteiger partial charge in [-0.15, -0.1) is 0 Å². The van der Waals surface area contributed by atoms with Gasteiger partial charge < -0.3 is 0 Å². The van der Waals surface area contributed by atoms with Crippen LogP contribution in [0.5, 0.6) is 0 Å². The lowest BCUT2D eigenvalue weighted by Gasteiger charge is -2.19. The van der Waals surface area contributed by atoms with Gasteiger partial charge in [0.1, 0.15) is 6.04 Å². The third-order valence-corrected chi connectivity index (χ3v) is 5.38. The lowest BCUT2D eigenvalue weighted by atomic mass is 10.0. The van der Waals surface area contributed by atoms with E-state index >= 15 is 0 Å². The van der Waals surface area contributed by atoms with Gasteiger partial charge in [0.2, 0.25) is 0 Å². The Hall–Kier alpha value is -3.73. The van der Waals surface area contributed by atoms with Crippen LogP contribution >= 0.6 is 0 Å². The first-order valence-electron chi connectivity index (χ1n) is 9.85. The molecule has 0 N–H and O–H groups in total. The van der Waals surface area contributed by atoms with Gasteiger partial charge >= 0.3 is 6.03 Å². The highest BCUT2D eigenvalue weighted by Crippen LogP contribution is 2.26. The second-order valence-corrected chi connectivity index (χ2v) is 7.46. The van der Waals surface area contributed by atoms with Crippen LogP contribution < -0.4 is 4.90 Å². The fourth-order valence-corrected chi connectivity index (χ4v) is 3.62. The molecular formula is C25H22N2O3. The molecule has 0 bridgehead atoms. The molecule has 150 valence electrons. The Morgan fingerprint density at radius 2 is 1.43 bits per heavy atom. The normalized spacial score (nSPS) is 16.3. The fourth-order valence-electron chi connectivity index (χ4n) is 3.62. The van der Waals surface area contributed by atoms with E-state index in [1.807, 2.05) is 73.7 Å². The average Bonchev–Trinajstić information content (AvgIpc) is 2.98. The number of benzene rings is 3. The first-order valence-corrected chi connectivity index (χ1v) is 9.85. The van der Waals surface area contributed by atoms with Crippen molar-refractivity contribution in [2.24, 2.45) is 0 Å². The molecule has 0 aliphatic carbocycles. The van der Waals surface area contributed by atoms with E-state index in [1.165, 1.54) is 4.90 Å². The van der Waals surface area contributed by atoms with Crippen LogP contribution in [0.4, 0.5) is 10.5 Å². The molecule has 1 aliphatic rings. The molecule has 0 saturated carbocycles. The molecule has 4 rings (SSSR count). The smallest absolute Gasteiger partial charge is 0.292 e. The van der Waals surface area contributed by atoms with Crippen LogP contribution in [0.25, 0.3) is 11.1 Å². The van der Waals surface area contributed by atoms with Gasteiger partial charge in [-0.05, 0) is 37.1 Å². The molecule has 3 aromatic rings. The summed E-state index contributed by atoms with van der Waals surface area (Å²) in [5, 5.41) is 0. The number of nitrogens with zero attached hydrogens (tertiary/aromatic N) is 2. The van der Waals surface area contributed by atoms with Gasteiger partial charge in [0.25, 0.3) is 5.91 Å². The number of Topliss-reactive ketones (excluding diaryl/α,β-unsaturated/α-hetero) is 1. The van der Waals surface area contributed by atoms with Crippen molar-refractivity contribution >= 4 is 23.4 Å². The van der Waals surface area contributed by atoms with E-state index in [9.17, 15) is 14.4 Å². The van der Waals surface area contributed by atoms with Gasteiger partial charge in [-0.25, -0.2) is 4.79 Å². The fraction of sp³-hybridized carbons (Fsp3) is 0.160. The number of hydrogen-bond acceptors (Lipinski definition) is 3. The molecule has 1 heterocycles. The molecule has 1 fully saturated rings. The van der Waals surface area contributed by atoms with Gasteiger partial charge in [-0.1, -0.05) is 72.3 Å². The highest BCUT2D eigenvalue weighted by atomic mass is 16.2. The van der Waals surface area contributed by atoms with Crippen molar-refractivity contribution in [3.05, 3.63) is 90.0 Å². The maximum Gasteiger partial charge on any atom is 0.332 e. The van der Waals surface area contributed by atoms with E-state index < -0.39 is 12.1 Å². The molecular weight excluding hydrogens is 376 g/mol. The summed E-state index contributed by atoms with van der Waals surface area (Å²) in [5.41, 5.74) is 4.24. The summed E-state index contributed by atoms with van der Waals surface area (Å²) in [4.78, 5) is 40.8. The zero-order chi connectivity index (χ0) is 21.3. The molecule has 1 aliphatic heterocycles. The summed E-state index contributed by atoms with van der Waals surface area (Å²) < 4.78 is 0. The first-order chi connectivity index (χ1) is 14.5. The summed E-state index contributed by atoms with van der Waals surface area (Å²) in [5.74, 6) is -0.635. The zero-order valence-electron chi connectivity index (χ0n) is 16.9. The molecule has 5 heteroatoms. The maximum absolute atomic E-state index is 12.9. The Bertz CT molecular complexity index is 1090. The summed E-state index contributed by atoms with van der Waals surface area (Å²) in [6.07, 6.45) is 0. The Labute approximate surface area is 175 Å². The molecule has 3 aromatic carbocycles. The maximum atomic E-state index is 12.9. The third-order valence-electron chi connectivity index (χ3n) is 5.38. The Balaban J connectivity index is 1.51. The number of rotatable bonds is 5. The number of hydrogen-bond donors (Lipinski definition) is 0. The van der Waals surface area contributed by atoms with Crippen molar-refractivity contribution in [2.75, 3.05) is 11.4 Å². The lowest BCUT2D eigenvalue weighted by molar-refractivity contribution is -0.126. The predicted octanol–water partition coefficient (Wildman–Crippen LogP) is 4.70. The van der Waals surface area contributed by atoms with Crippen LogP contribution in [0.15, 0.2) is 78.9 Å². The van der Waals surface area contributed by atoms with Gasteiger partial charge in [0.15, 0.2) is 5.78 Å². The van der Waals surface area contributed by atoms with E-state index in [2.05, 4.69) is 0 Å². The van der Waals surface area contributed by atoms with Gasteiger partial charge in [-0.3, -0.25) is 19.4 Å². The van der Waals surface area contributed by atoms with Crippen molar-refractivity contribution in [1.82, 2.24) is 4.90 Å². The third kappa shape index (κ3) is 3.62. The summed E-state index contributed by atoms with van der Waals surface area (Å²) in [6.45, 7) is 3.37. The molecule has 0 unspecified atom stereocenters. The highest BCUT2D eigenvalue weighted by Gasteiger charge is 2.44. The van der Waals surface area contributed by atoms with Crippen LogP contribution in [-0.2, 0) is 4.79 Å². The van der Waals surface area contributed by atoms with Crippen molar-refractivity contribution in [3.63, 3.8) is 0 Å². The number of amides is 3. The monoisotopic (exact) mass is 398 g/mol. The van der Waals surface area contributed by atoms with E-state index in [4.69, 9.17) is 0 Å². The number of imide groups is 1. The van der Waals surface area contributed by atoms with E-state index in [0.717, 1.165) is 21.6 Å². The summed E-state index contributed by atoms with van der Waals surface area (Å²) >= 11 is 0. The van der Waals surface area contributed by atoms with Gasteiger partial charge in [0.05, 0.1) is 6.54 Å². The Morgan fingerprint density at radius 1 is 0.833 bits per heavy atom. The second kappa shape index (κ2) is 7.95. The minimum Gasteiger partial charge on any atom is -0.292 e. The van der Waals surface area contributed by atoms with Gasteiger partial charge in [0, 0.05) is 11.3 Å². The number of urea groups is 1. The summed E-state index contributed by atoms with van der Waals surface area (Å²) in [7, 11) is 0. The van der Waals surface area contributed by atoms with Crippen molar-refractivity contribution in [3.8, 4) is 11.1 Å². The van der Waals surface area contributed by atoms with Crippen LogP contribution in [0.2, 0.25) is 0 Å². The number of carbonyl (C=O) groups is 3. The quantitative estimate of drug-likeness (QED) is 0.462. The number of anilines is 1. The van der Waals surface area contributed by atoms with Crippen molar-refractivity contribution < 1.29 is 14.4 Å². The Morgan fingerprint density at radius 3 is 2.07 bits per heavy atom. The lowest BCUT2D eigenvalue weighted by Crippen LogP contribution is -2.37. The van der Waals surface area contributed by atoms with Crippen LogP contribution in [0, 0.1) is 6.92 Å². The molecule has 0 spiro atoms. The first kappa shape index (κ1) is 19.6. The minimum absolute atomic E-state index is 0.269. The summed E-state index contributed by atoms with van der Waals surface area (Å²) in [6, 6.07) is 23.4. The van der Waals surface area contributed by atoms with Crippen molar-refractivity contribution in [2.45, 2.75) is 19.9 Å². The molecule has 1 saturated heterocycles. The van der Waals surface area contributed by atoms with Gasteiger partial charge in [-0.2, -0.15) is 0 Å². The SMILES string of the molecule is Cc1ccc(N2C(=O)N(CC(=O)c3ccc(-c4ccccc4)cc3)C(=O)[C@@H]2C)cc1. The number of carbonyl (C=O) groups excluding carboxylic acids is 3. The zero-order valence-corrected chi connectivity index (χ0v) is 16.9. The predicted molar refractivity (Wildman–Crippen MR) is 116 cm³/mol. The highest BCUT2D eigenvalue weighted by molar-refractivity contribution is 6.16. The van der Waals surface area contributed by atoms with Crippen LogP contribution in [0.3, 0.4) is 0 Å². The van der Waals surface area contributed by atoms with E-state index in [1.54, 1.807) is 19.1 Å². The largest absolute Gasteiger partial charge is 0.332 e. The molecule has 30 heavy (non-hydrogen) atoms. The number of ketones is 1. The topological polar surface area (TPSA) is 57.7 Å². The van der Waals surface area contributed by atoms with Crippen molar-refractivity contribution in [1.29, 1.82) is 0 Å². The molecule has 0 radical (unpaired) electrons. The van der Waals surface area contributed by atoms with Crippen LogP contribution in [0.1, 0.15) is 22.8 Å². The second-order valence-electron chi connectivity index (χ2n) is 7.46. The van der Waals surface area contributed by atoms with E-state index in [-0.39, 0.29) is 18.2 Å². The Kier molecular flexibility index (Phi) is 5.19. The number of aryl methyl sites for hydroxylation is 1. The molecule has 0 aromatic heterocycles. The minimum atomic E-state index is -0.645. The van der Waals surface area contributed by atoms with E-state index in [0.29, 0.717) is 11.3 Å². The molecule has 1 atom stereocenters. The van der Waals surface area contributed by atoms with Crippen LogP contribution in [-0.4, -0.2) is 35.2 Å². The standard InChI is InChI=1S/C25H22N2O3/c1-17-8-14-22(15-9-17)27-18(2)24(29)26(25(27)30)16-23(28)21-12-10-20(11-13-21)19-6-4-3-5-7-19/h3-15,18H,16H2,1-2H3/t18-/m0/s1. The molecule has 3 amide bonds. The average molecular weight is 398 g/mol. The molecule has 5 nitrogen and oxygen atoms in total.